The highest BCUT2D eigenvalue weighted by Gasteiger charge is 2.30. The second kappa shape index (κ2) is 6.86. The number of carbonyl (C=O) groups is 1. The maximum atomic E-state index is 10.7. The van der Waals surface area contributed by atoms with Crippen molar-refractivity contribution in [2.75, 3.05) is 47.4 Å². The highest BCUT2D eigenvalue weighted by molar-refractivity contribution is 5.73. The molecule has 0 aromatic heterocycles. The SMILES string of the molecule is CN1CCCCC1.COC(=O)C1CN(C)C1. The number of nitrogens with zero attached hydrogens (tertiary/aromatic N) is 2. The van der Waals surface area contributed by atoms with Crippen LogP contribution in [0.4, 0.5) is 0 Å². The van der Waals surface area contributed by atoms with Crippen LogP contribution in [0.5, 0.6) is 0 Å². The second-order valence-electron chi connectivity index (χ2n) is 4.81. The first kappa shape index (κ1) is 13.5. The number of ether oxygens (including phenoxy) is 1. The Hall–Kier alpha value is -0.610. The van der Waals surface area contributed by atoms with Gasteiger partial charge in [-0.3, -0.25) is 4.79 Å². The average Bonchev–Trinajstić information content (AvgIpc) is 2.26. The molecule has 0 amide bonds. The number of hydrogen-bond acceptors (Lipinski definition) is 4. The smallest absolute Gasteiger partial charge is 0.311 e. The van der Waals surface area contributed by atoms with Crippen LogP contribution in [-0.4, -0.2) is 63.2 Å². The van der Waals surface area contributed by atoms with Gasteiger partial charge in [-0.25, -0.2) is 0 Å². The van der Waals surface area contributed by atoms with Crippen LogP contribution in [0.2, 0.25) is 0 Å². The third-order valence-electron chi connectivity index (χ3n) is 3.18. The molecule has 4 heteroatoms. The first-order valence-electron chi connectivity index (χ1n) is 6.08. The Morgan fingerprint density at radius 2 is 1.62 bits per heavy atom. The molecule has 4 nitrogen and oxygen atoms in total. The predicted molar refractivity (Wildman–Crippen MR) is 64.4 cm³/mol. The van der Waals surface area contributed by atoms with Crippen LogP contribution in [0.3, 0.4) is 0 Å². The van der Waals surface area contributed by atoms with E-state index >= 15 is 0 Å². The lowest BCUT2D eigenvalue weighted by Gasteiger charge is -2.33. The molecule has 2 saturated heterocycles. The van der Waals surface area contributed by atoms with E-state index in [-0.39, 0.29) is 11.9 Å². The number of methoxy groups -OCH3 is 1. The van der Waals surface area contributed by atoms with Gasteiger partial charge in [0.05, 0.1) is 13.0 Å². The molecule has 0 spiro atoms. The lowest BCUT2D eigenvalue weighted by molar-refractivity contribution is -0.150. The molecule has 2 aliphatic heterocycles. The molecule has 0 aromatic rings. The van der Waals surface area contributed by atoms with Gasteiger partial charge in [-0.05, 0) is 40.0 Å². The van der Waals surface area contributed by atoms with Gasteiger partial charge in [0.15, 0.2) is 0 Å². The molecule has 16 heavy (non-hydrogen) atoms. The van der Waals surface area contributed by atoms with E-state index in [9.17, 15) is 4.79 Å². The Balaban J connectivity index is 0.000000165. The maximum Gasteiger partial charge on any atom is 0.311 e. The summed E-state index contributed by atoms with van der Waals surface area (Å²) in [7, 11) is 5.61. The molecule has 0 saturated carbocycles. The van der Waals surface area contributed by atoms with Crippen molar-refractivity contribution in [1.82, 2.24) is 9.80 Å². The Morgan fingerprint density at radius 3 is 1.94 bits per heavy atom. The Bertz CT molecular complexity index is 209. The lowest BCUT2D eigenvalue weighted by atomic mass is 10.0. The fourth-order valence-electron chi connectivity index (χ4n) is 2.07. The standard InChI is InChI=1S/C6H11NO2.C6H13N/c1-7-3-5(4-7)6(8)9-2;1-7-5-3-2-4-6-7/h5H,3-4H2,1-2H3;2-6H2,1H3. The zero-order valence-corrected chi connectivity index (χ0v) is 10.7. The Labute approximate surface area is 98.5 Å². The van der Waals surface area contributed by atoms with Gasteiger partial charge in [-0.1, -0.05) is 6.42 Å². The Kier molecular flexibility index (Phi) is 5.77. The van der Waals surface area contributed by atoms with Crippen LogP contribution < -0.4 is 0 Å². The van der Waals surface area contributed by atoms with Crippen molar-refractivity contribution < 1.29 is 9.53 Å². The van der Waals surface area contributed by atoms with Gasteiger partial charge in [0.2, 0.25) is 0 Å². The van der Waals surface area contributed by atoms with Crippen LogP contribution in [0.1, 0.15) is 19.3 Å². The fourth-order valence-corrected chi connectivity index (χ4v) is 2.07. The summed E-state index contributed by atoms with van der Waals surface area (Å²) in [5, 5.41) is 0. The van der Waals surface area contributed by atoms with Gasteiger partial charge in [0, 0.05) is 13.1 Å². The number of hydrogen-bond donors (Lipinski definition) is 0. The van der Waals surface area contributed by atoms with Crippen LogP contribution in [0, 0.1) is 5.92 Å². The number of piperidine rings is 1. The van der Waals surface area contributed by atoms with Gasteiger partial charge in [-0.15, -0.1) is 0 Å². The average molecular weight is 228 g/mol. The minimum absolute atomic E-state index is 0.0758. The van der Waals surface area contributed by atoms with Crippen molar-refractivity contribution in [3.63, 3.8) is 0 Å². The summed E-state index contributed by atoms with van der Waals surface area (Å²) in [5.41, 5.74) is 0. The van der Waals surface area contributed by atoms with Gasteiger partial charge in [-0.2, -0.15) is 0 Å². The van der Waals surface area contributed by atoms with Crippen LogP contribution in [0.25, 0.3) is 0 Å². The zero-order chi connectivity index (χ0) is 12.0. The van der Waals surface area contributed by atoms with Gasteiger partial charge < -0.3 is 14.5 Å². The quantitative estimate of drug-likeness (QED) is 0.622. The molecule has 0 aromatic carbocycles. The molecule has 2 aliphatic rings. The zero-order valence-electron chi connectivity index (χ0n) is 10.7. The monoisotopic (exact) mass is 228 g/mol. The van der Waals surface area contributed by atoms with E-state index in [1.165, 1.54) is 39.5 Å². The van der Waals surface area contributed by atoms with E-state index in [4.69, 9.17) is 0 Å². The molecule has 2 heterocycles. The molecular formula is C12H24N2O2. The molecule has 0 atom stereocenters. The van der Waals surface area contributed by atoms with E-state index < -0.39 is 0 Å². The lowest BCUT2D eigenvalue weighted by Crippen LogP contribution is -2.48. The second-order valence-corrected chi connectivity index (χ2v) is 4.81. The van der Waals surface area contributed by atoms with Gasteiger partial charge in [0.1, 0.15) is 0 Å². The summed E-state index contributed by atoms with van der Waals surface area (Å²) < 4.78 is 4.54. The van der Waals surface area contributed by atoms with Crippen molar-refractivity contribution in [1.29, 1.82) is 0 Å². The van der Waals surface area contributed by atoms with E-state index in [0.717, 1.165) is 13.1 Å². The highest BCUT2D eigenvalue weighted by Crippen LogP contribution is 2.13. The number of rotatable bonds is 1. The third kappa shape index (κ3) is 4.49. The molecule has 0 bridgehead atoms. The van der Waals surface area contributed by atoms with Crippen LogP contribution in [0.15, 0.2) is 0 Å². The summed E-state index contributed by atoms with van der Waals surface area (Å²) in [6, 6.07) is 0. The van der Waals surface area contributed by atoms with Gasteiger partial charge in [0.25, 0.3) is 0 Å². The summed E-state index contributed by atoms with van der Waals surface area (Å²) in [5.74, 6) is 0.0631. The minimum Gasteiger partial charge on any atom is -0.469 e. The summed E-state index contributed by atoms with van der Waals surface area (Å²) in [6.45, 7) is 4.35. The van der Waals surface area contributed by atoms with E-state index in [1.54, 1.807) is 0 Å². The number of esters is 1. The molecule has 2 rings (SSSR count). The topological polar surface area (TPSA) is 32.8 Å². The van der Waals surface area contributed by atoms with Gasteiger partial charge >= 0.3 is 5.97 Å². The first-order chi connectivity index (χ1) is 7.63. The van der Waals surface area contributed by atoms with Crippen molar-refractivity contribution in [3.05, 3.63) is 0 Å². The summed E-state index contributed by atoms with van der Waals surface area (Å²) >= 11 is 0. The van der Waals surface area contributed by atoms with E-state index in [1.807, 2.05) is 7.05 Å². The van der Waals surface area contributed by atoms with Crippen molar-refractivity contribution in [2.24, 2.45) is 5.92 Å². The highest BCUT2D eigenvalue weighted by atomic mass is 16.5. The van der Waals surface area contributed by atoms with Crippen LogP contribution >= 0.6 is 0 Å². The molecular weight excluding hydrogens is 204 g/mol. The normalized spacial score (nSPS) is 22.9. The molecule has 0 N–H and O–H groups in total. The largest absolute Gasteiger partial charge is 0.469 e. The third-order valence-corrected chi connectivity index (χ3v) is 3.18. The summed E-state index contributed by atoms with van der Waals surface area (Å²) in [4.78, 5) is 15.2. The van der Waals surface area contributed by atoms with Crippen molar-refractivity contribution in [2.45, 2.75) is 19.3 Å². The molecule has 94 valence electrons. The molecule has 0 unspecified atom stereocenters. The van der Waals surface area contributed by atoms with E-state index in [0.29, 0.717) is 0 Å². The van der Waals surface area contributed by atoms with Crippen LogP contribution in [-0.2, 0) is 9.53 Å². The minimum atomic E-state index is -0.0758. The number of likely N-dealkylation sites (tertiary alicyclic amines) is 2. The maximum absolute atomic E-state index is 10.7. The van der Waals surface area contributed by atoms with E-state index in [2.05, 4.69) is 21.6 Å². The predicted octanol–water partition coefficient (Wildman–Crippen LogP) is 0.823. The summed E-state index contributed by atoms with van der Waals surface area (Å²) in [6.07, 6.45) is 4.28. The molecule has 0 radical (unpaired) electrons. The Morgan fingerprint density at radius 1 is 1.06 bits per heavy atom. The fraction of sp³-hybridized carbons (Fsp3) is 0.917. The number of carbonyl (C=O) groups excluding carboxylic acids is 1. The van der Waals surface area contributed by atoms with Crippen molar-refractivity contribution >= 4 is 5.97 Å². The molecule has 2 fully saturated rings. The first-order valence-corrected chi connectivity index (χ1v) is 6.08. The molecule has 0 aliphatic carbocycles. The van der Waals surface area contributed by atoms with Crippen molar-refractivity contribution in [3.8, 4) is 0 Å².